The molecule has 2 aromatic rings. The summed E-state index contributed by atoms with van der Waals surface area (Å²) in [5, 5.41) is 17.4. The molecular formula is C17H18N4O2. The molecule has 6 nitrogen and oxygen atoms in total. The fraction of sp³-hybridized carbons (Fsp3) is 0.353. The largest absolute Gasteiger partial charge is 0.508 e. The number of carbonyl (C=O) groups excluding carboxylic acids is 1. The van der Waals surface area contributed by atoms with Crippen molar-refractivity contribution in [2.24, 2.45) is 11.3 Å². The predicted octanol–water partition coefficient (Wildman–Crippen LogP) is 2.50. The maximum absolute atomic E-state index is 12.8. The maximum atomic E-state index is 12.8. The lowest BCUT2D eigenvalue weighted by molar-refractivity contribution is -0.125. The zero-order valence-corrected chi connectivity index (χ0v) is 13.0. The van der Waals surface area contributed by atoms with Crippen LogP contribution in [0.15, 0.2) is 42.4 Å². The number of nitrogens with one attached hydrogen (secondary N) is 1. The molecule has 0 saturated carbocycles. The van der Waals surface area contributed by atoms with Crippen LogP contribution in [0.5, 0.6) is 5.75 Å². The Kier molecular flexibility index (Phi) is 2.85. The van der Waals surface area contributed by atoms with Gasteiger partial charge in [-0.25, -0.2) is 4.68 Å². The summed E-state index contributed by atoms with van der Waals surface area (Å²) in [6.45, 7) is 4.11. The molecule has 1 aliphatic carbocycles. The van der Waals surface area contributed by atoms with Crippen LogP contribution in [0.4, 0.5) is 5.95 Å². The van der Waals surface area contributed by atoms with E-state index in [9.17, 15) is 9.90 Å². The van der Waals surface area contributed by atoms with Crippen LogP contribution in [0.2, 0.25) is 0 Å². The van der Waals surface area contributed by atoms with Crippen LogP contribution < -0.4 is 5.32 Å². The van der Waals surface area contributed by atoms with E-state index in [1.807, 2.05) is 6.07 Å². The Morgan fingerprint density at radius 1 is 1.39 bits per heavy atom. The van der Waals surface area contributed by atoms with Gasteiger partial charge in [0.1, 0.15) is 17.9 Å². The summed E-state index contributed by atoms with van der Waals surface area (Å²) in [5.74, 6) is 0.636. The number of Topliss-reactive ketones (excluding diaryl/α,β-unsaturated/α-hetero) is 1. The van der Waals surface area contributed by atoms with Crippen LogP contribution in [-0.4, -0.2) is 25.7 Å². The molecule has 2 atom stereocenters. The fourth-order valence-corrected chi connectivity index (χ4v) is 3.61. The van der Waals surface area contributed by atoms with E-state index in [2.05, 4.69) is 35.3 Å². The van der Waals surface area contributed by atoms with Crippen molar-refractivity contribution in [1.29, 1.82) is 0 Å². The number of benzene rings is 1. The zero-order valence-electron chi connectivity index (χ0n) is 13.0. The first-order chi connectivity index (χ1) is 10.9. The van der Waals surface area contributed by atoms with Crippen molar-refractivity contribution in [3.8, 4) is 5.75 Å². The van der Waals surface area contributed by atoms with Crippen LogP contribution in [0.3, 0.4) is 0 Å². The first-order valence-corrected chi connectivity index (χ1v) is 7.65. The summed E-state index contributed by atoms with van der Waals surface area (Å²) in [4.78, 5) is 17.1. The molecule has 0 saturated heterocycles. The Hall–Kier alpha value is -2.63. The van der Waals surface area contributed by atoms with Crippen molar-refractivity contribution in [3.63, 3.8) is 0 Å². The second-order valence-corrected chi connectivity index (χ2v) is 6.90. The summed E-state index contributed by atoms with van der Waals surface area (Å²) < 4.78 is 1.73. The molecule has 1 aliphatic heterocycles. The monoisotopic (exact) mass is 310 g/mol. The van der Waals surface area contributed by atoms with Gasteiger partial charge in [0, 0.05) is 12.1 Å². The van der Waals surface area contributed by atoms with E-state index in [-0.39, 0.29) is 28.9 Å². The number of anilines is 1. The highest BCUT2D eigenvalue weighted by Crippen LogP contribution is 2.45. The lowest BCUT2D eigenvalue weighted by Crippen LogP contribution is -2.42. The molecule has 1 aromatic heterocycles. The highest BCUT2D eigenvalue weighted by Gasteiger charge is 2.44. The number of allylic oxidation sites excluding steroid dienone is 2. The van der Waals surface area contributed by atoms with Gasteiger partial charge in [0.25, 0.3) is 0 Å². The zero-order chi connectivity index (χ0) is 16.2. The third-order valence-electron chi connectivity index (χ3n) is 4.48. The first-order valence-electron chi connectivity index (χ1n) is 7.65. The lowest BCUT2D eigenvalue weighted by atomic mass is 9.72. The average Bonchev–Trinajstić information content (AvgIpc) is 2.91. The lowest BCUT2D eigenvalue weighted by Gasteiger charge is -2.40. The number of aromatic hydroxyl groups is 1. The smallest absolute Gasteiger partial charge is 0.226 e. The van der Waals surface area contributed by atoms with E-state index >= 15 is 0 Å². The number of hydrogen-bond acceptors (Lipinski definition) is 5. The van der Waals surface area contributed by atoms with E-state index in [1.165, 1.54) is 6.33 Å². The Bertz CT molecular complexity index is 822. The van der Waals surface area contributed by atoms with Gasteiger partial charge < -0.3 is 10.4 Å². The molecule has 0 radical (unpaired) electrons. The van der Waals surface area contributed by atoms with Crippen molar-refractivity contribution in [3.05, 3.63) is 47.9 Å². The van der Waals surface area contributed by atoms with Gasteiger partial charge in [-0.2, -0.15) is 10.1 Å². The standard InChI is InChI=1S/C17H18N4O2/c1-17(2)7-12-14(13(23)8-17)15(10-4-3-5-11(22)6-10)21-16(20-12)18-9-19-21/h3-7,9,14-15,22H,8H2,1-2H3,(H,18,19,20). The van der Waals surface area contributed by atoms with E-state index in [0.29, 0.717) is 12.4 Å². The molecule has 0 amide bonds. The number of phenols is 1. The summed E-state index contributed by atoms with van der Waals surface area (Å²) in [6, 6.07) is 6.70. The van der Waals surface area contributed by atoms with Crippen molar-refractivity contribution in [1.82, 2.24) is 14.8 Å². The second kappa shape index (κ2) is 4.68. The molecule has 2 heterocycles. The number of carbonyl (C=O) groups is 1. The summed E-state index contributed by atoms with van der Waals surface area (Å²) >= 11 is 0. The summed E-state index contributed by atoms with van der Waals surface area (Å²) in [6.07, 6.45) is 4.08. The van der Waals surface area contributed by atoms with E-state index in [1.54, 1.807) is 22.9 Å². The molecule has 2 aliphatic rings. The Labute approximate surface area is 133 Å². The predicted molar refractivity (Wildman–Crippen MR) is 84.9 cm³/mol. The number of nitrogens with zero attached hydrogens (tertiary/aromatic N) is 3. The highest BCUT2D eigenvalue weighted by molar-refractivity contribution is 5.88. The van der Waals surface area contributed by atoms with Gasteiger partial charge in [-0.3, -0.25) is 4.79 Å². The van der Waals surface area contributed by atoms with E-state index in [0.717, 1.165) is 11.3 Å². The maximum Gasteiger partial charge on any atom is 0.226 e. The van der Waals surface area contributed by atoms with Crippen LogP contribution >= 0.6 is 0 Å². The van der Waals surface area contributed by atoms with Gasteiger partial charge in [-0.05, 0) is 23.1 Å². The first kappa shape index (κ1) is 14.0. The topological polar surface area (TPSA) is 80.0 Å². The third-order valence-corrected chi connectivity index (χ3v) is 4.48. The van der Waals surface area contributed by atoms with Crippen LogP contribution in [0.1, 0.15) is 31.9 Å². The molecule has 6 heteroatoms. The number of aromatic nitrogens is 3. The third kappa shape index (κ3) is 2.21. The van der Waals surface area contributed by atoms with Gasteiger partial charge in [-0.1, -0.05) is 32.1 Å². The summed E-state index contributed by atoms with van der Waals surface area (Å²) in [7, 11) is 0. The van der Waals surface area contributed by atoms with Crippen LogP contribution in [0, 0.1) is 11.3 Å². The number of fused-ring (bicyclic) bond motifs is 2. The van der Waals surface area contributed by atoms with Crippen molar-refractivity contribution < 1.29 is 9.90 Å². The average molecular weight is 310 g/mol. The molecule has 0 fully saturated rings. The van der Waals surface area contributed by atoms with Crippen LogP contribution in [-0.2, 0) is 4.79 Å². The van der Waals surface area contributed by atoms with E-state index < -0.39 is 0 Å². The van der Waals surface area contributed by atoms with Crippen molar-refractivity contribution in [2.45, 2.75) is 26.3 Å². The fourth-order valence-electron chi connectivity index (χ4n) is 3.61. The van der Waals surface area contributed by atoms with Gasteiger partial charge in [-0.15, -0.1) is 0 Å². The van der Waals surface area contributed by atoms with Crippen molar-refractivity contribution in [2.75, 3.05) is 5.32 Å². The minimum absolute atomic E-state index is 0.175. The highest BCUT2D eigenvalue weighted by atomic mass is 16.3. The number of ketones is 1. The number of rotatable bonds is 1. The minimum Gasteiger partial charge on any atom is -0.508 e. The van der Waals surface area contributed by atoms with Crippen molar-refractivity contribution >= 4 is 11.7 Å². The van der Waals surface area contributed by atoms with Gasteiger partial charge in [0.05, 0.1) is 12.0 Å². The quantitative estimate of drug-likeness (QED) is 0.846. The van der Waals surface area contributed by atoms with Crippen LogP contribution in [0.25, 0.3) is 0 Å². The molecule has 23 heavy (non-hydrogen) atoms. The minimum atomic E-state index is -0.334. The van der Waals surface area contributed by atoms with Gasteiger partial charge >= 0.3 is 0 Å². The Morgan fingerprint density at radius 3 is 3.00 bits per heavy atom. The molecule has 1 aromatic carbocycles. The molecular weight excluding hydrogens is 292 g/mol. The van der Waals surface area contributed by atoms with Gasteiger partial charge in [0.2, 0.25) is 5.95 Å². The molecule has 4 rings (SSSR count). The molecule has 0 bridgehead atoms. The second-order valence-electron chi connectivity index (χ2n) is 6.90. The Morgan fingerprint density at radius 2 is 2.22 bits per heavy atom. The normalized spacial score (nSPS) is 25.1. The van der Waals surface area contributed by atoms with Gasteiger partial charge in [0.15, 0.2) is 0 Å². The molecule has 118 valence electrons. The number of hydrogen-bond donors (Lipinski definition) is 2. The van der Waals surface area contributed by atoms with E-state index in [4.69, 9.17) is 0 Å². The summed E-state index contributed by atoms with van der Waals surface area (Å²) in [5.41, 5.74) is 1.55. The molecule has 2 N–H and O–H groups in total. The number of phenolic OH excluding ortho intramolecular Hbond substituents is 1. The molecule has 2 unspecified atom stereocenters. The Balaban J connectivity index is 1.91. The SMILES string of the molecule is CC1(C)C=C2Nc3ncnn3C(c3cccc(O)c3)C2C(=O)C1. The molecule has 0 spiro atoms.